The van der Waals surface area contributed by atoms with E-state index in [0.717, 1.165) is 55.9 Å². The lowest BCUT2D eigenvalue weighted by Gasteiger charge is -2.32. The largest absolute Gasteiger partial charge is 0.352 e. The van der Waals surface area contributed by atoms with Crippen LogP contribution >= 0.6 is 11.3 Å². The fraction of sp³-hybridized carbons (Fsp3) is 0.524. The number of rotatable bonds is 6. The minimum atomic E-state index is 0.697. The number of piperazine rings is 1. The van der Waals surface area contributed by atoms with Crippen molar-refractivity contribution in [3.63, 3.8) is 0 Å². The minimum absolute atomic E-state index is 0.697. The molecule has 0 aliphatic carbocycles. The molecule has 1 aliphatic rings. The van der Waals surface area contributed by atoms with E-state index in [-0.39, 0.29) is 0 Å². The molecule has 0 amide bonds. The Hall–Kier alpha value is -1.96. The molecule has 0 saturated carbocycles. The average molecular weight is 401 g/mol. The van der Waals surface area contributed by atoms with Gasteiger partial charge in [-0.05, 0) is 32.0 Å². The van der Waals surface area contributed by atoms with Gasteiger partial charge in [-0.2, -0.15) is 0 Å². The molecule has 6 nitrogen and oxygen atoms in total. The van der Waals surface area contributed by atoms with Crippen molar-refractivity contribution in [3.8, 4) is 0 Å². The molecule has 0 radical (unpaired) electrons. The second-order valence-corrected chi connectivity index (χ2v) is 8.71. The summed E-state index contributed by atoms with van der Waals surface area (Å²) in [6.45, 7) is 11.3. The van der Waals surface area contributed by atoms with Gasteiger partial charge in [-0.3, -0.25) is 9.89 Å². The quantitative estimate of drug-likeness (QED) is 0.576. The van der Waals surface area contributed by atoms with Gasteiger partial charge in [0.2, 0.25) is 0 Å². The Bertz CT molecular complexity index is 755. The molecule has 1 aliphatic heterocycles. The van der Waals surface area contributed by atoms with Crippen LogP contribution < -0.4 is 10.6 Å². The number of aromatic nitrogens is 1. The fourth-order valence-electron chi connectivity index (χ4n) is 3.21. The van der Waals surface area contributed by atoms with Gasteiger partial charge in [0, 0.05) is 51.2 Å². The molecule has 0 spiro atoms. The van der Waals surface area contributed by atoms with E-state index in [4.69, 9.17) is 0 Å². The van der Waals surface area contributed by atoms with Crippen LogP contribution in [-0.4, -0.2) is 61.0 Å². The summed E-state index contributed by atoms with van der Waals surface area (Å²) in [7, 11) is 3.99. The molecule has 2 N–H and O–H groups in total. The molecule has 1 aromatic heterocycles. The van der Waals surface area contributed by atoms with Crippen molar-refractivity contribution in [2.45, 2.75) is 33.5 Å². The Morgan fingerprint density at radius 2 is 1.68 bits per heavy atom. The van der Waals surface area contributed by atoms with Crippen molar-refractivity contribution >= 4 is 17.3 Å². The van der Waals surface area contributed by atoms with Gasteiger partial charge in [0.1, 0.15) is 5.01 Å². The minimum Gasteiger partial charge on any atom is -0.352 e. The third-order valence-corrected chi connectivity index (χ3v) is 6.26. The molecule has 7 heteroatoms. The molecule has 2 aromatic rings. The Balaban J connectivity index is 1.44. The summed E-state index contributed by atoms with van der Waals surface area (Å²) >= 11 is 1.73. The maximum atomic E-state index is 4.56. The van der Waals surface area contributed by atoms with Crippen molar-refractivity contribution in [2.75, 3.05) is 40.3 Å². The highest BCUT2D eigenvalue weighted by Crippen LogP contribution is 2.16. The standard InChI is InChI=1S/C21H32N6S/c1-16-17(2)28-20(25-16)14-24-21(22-3)23-13-18-5-7-19(8-6-18)15-27-11-9-26(4)10-12-27/h5-8H,9-15H2,1-4H3,(H2,22,23,24). The van der Waals surface area contributed by atoms with Gasteiger partial charge in [-0.15, -0.1) is 11.3 Å². The molecule has 28 heavy (non-hydrogen) atoms. The van der Waals surface area contributed by atoms with Crippen LogP contribution in [0.5, 0.6) is 0 Å². The monoisotopic (exact) mass is 400 g/mol. The summed E-state index contributed by atoms with van der Waals surface area (Å²) < 4.78 is 0. The summed E-state index contributed by atoms with van der Waals surface area (Å²) in [4.78, 5) is 15.1. The SMILES string of the molecule is CN=C(NCc1ccc(CN2CCN(C)CC2)cc1)NCc1nc(C)c(C)s1. The molecule has 3 rings (SSSR count). The number of nitrogens with one attached hydrogen (secondary N) is 2. The number of aryl methyl sites for hydroxylation is 2. The molecule has 0 bridgehead atoms. The number of guanidine groups is 1. The van der Waals surface area contributed by atoms with Crippen LogP contribution in [0.4, 0.5) is 0 Å². The number of likely N-dealkylation sites (N-methyl/N-ethyl adjacent to an activating group) is 1. The molecular weight excluding hydrogens is 368 g/mol. The number of hydrogen-bond donors (Lipinski definition) is 2. The number of aliphatic imine (C=N–C) groups is 1. The maximum Gasteiger partial charge on any atom is 0.191 e. The van der Waals surface area contributed by atoms with Gasteiger partial charge in [-0.25, -0.2) is 4.98 Å². The highest BCUT2D eigenvalue weighted by Gasteiger charge is 2.13. The van der Waals surface area contributed by atoms with Crippen molar-refractivity contribution in [3.05, 3.63) is 51.0 Å². The van der Waals surface area contributed by atoms with Crippen molar-refractivity contribution in [1.29, 1.82) is 0 Å². The number of thiazole rings is 1. The van der Waals surface area contributed by atoms with E-state index < -0.39 is 0 Å². The van der Waals surface area contributed by atoms with E-state index >= 15 is 0 Å². The number of nitrogens with zero attached hydrogens (tertiary/aromatic N) is 4. The van der Waals surface area contributed by atoms with Crippen molar-refractivity contribution < 1.29 is 0 Å². The zero-order valence-electron chi connectivity index (χ0n) is 17.5. The Morgan fingerprint density at radius 3 is 2.29 bits per heavy atom. The first-order valence-corrected chi connectivity index (χ1v) is 10.7. The summed E-state index contributed by atoms with van der Waals surface area (Å²) in [5.41, 5.74) is 3.75. The van der Waals surface area contributed by atoms with E-state index in [1.54, 1.807) is 18.4 Å². The molecule has 0 unspecified atom stereocenters. The molecule has 1 saturated heterocycles. The summed E-state index contributed by atoms with van der Waals surface area (Å²) in [5, 5.41) is 7.81. The number of benzene rings is 1. The first-order chi connectivity index (χ1) is 13.5. The zero-order chi connectivity index (χ0) is 19.9. The molecule has 1 fully saturated rings. The Kier molecular flexibility index (Phi) is 7.42. The second kappa shape index (κ2) is 10.0. The Labute approximate surface area is 172 Å². The van der Waals surface area contributed by atoms with E-state index in [0.29, 0.717) is 6.54 Å². The predicted octanol–water partition coefficient (Wildman–Crippen LogP) is 2.37. The highest BCUT2D eigenvalue weighted by molar-refractivity contribution is 7.11. The van der Waals surface area contributed by atoms with Crippen LogP contribution in [0, 0.1) is 13.8 Å². The topological polar surface area (TPSA) is 55.8 Å². The van der Waals surface area contributed by atoms with Gasteiger partial charge < -0.3 is 15.5 Å². The molecule has 2 heterocycles. The lowest BCUT2D eigenvalue weighted by Crippen LogP contribution is -2.43. The van der Waals surface area contributed by atoms with Crippen molar-refractivity contribution in [1.82, 2.24) is 25.4 Å². The van der Waals surface area contributed by atoms with Crippen LogP contribution in [0.25, 0.3) is 0 Å². The Morgan fingerprint density at radius 1 is 1.04 bits per heavy atom. The van der Waals surface area contributed by atoms with Gasteiger partial charge in [0.15, 0.2) is 5.96 Å². The lowest BCUT2D eigenvalue weighted by atomic mass is 10.1. The zero-order valence-corrected chi connectivity index (χ0v) is 18.3. The number of hydrogen-bond acceptors (Lipinski definition) is 5. The first-order valence-electron chi connectivity index (χ1n) is 9.89. The maximum absolute atomic E-state index is 4.56. The highest BCUT2D eigenvalue weighted by atomic mass is 32.1. The molecule has 152 valence electrons. The van der Waals surface area contributed by atoms with E-state index in [9.17, 15) is 0 Å². The van der Waals surface area contributed by atoms with Crippen LogP contribution in [0.15, 0.2) is 29.3 Å². The van der Waals surface area contributed by atoms with Gasteiger partial charge in [0.25, 0.3) is 0 Å². The summed E-state index contributed by atoms with van der Waals surface area (Å²) in [6, 6.07) is 8.90. The van der Waals surface area contributed by atoms with Crippen LogP contribution in [0.2, 0.25) is 0 Å². The third kappa shape index (κ3) is 6.02. The van der Waals surface area contributed by atoms with Gasteiger partial charge in [0.05, 0.1) is 12.2 Å². The average Bonchev–Trinajstić information content (AvgIpc) is 3.02. The molecular formula is C21H32N6S. The third-order valence-electron chi connectivity index (χ3n) is 5.19. The lowest BCUT2D eigenvalue weighted by molar-refractivity contribution is 0.148. The van der Waals surface area contributed by atoms with E-state index in [2.05, 4.69) is 75.6 Å². The normalized spacial score (nSPS) is 16.4. The van der Waals surface area contributed by atoms with Crippen molar-refractivity contribution in [2.24, 2.45) is 4.99 Å². The van der Waals surface area contributed by atoms with Crippen LogP contribution in [-0.2, 0) is 19.6 Å². The summed E-state index contributed by atoms with van der Waals surface area (Å²) in [5.74, 6) is 0.798. The van der Waals surface area contributed by atoms with Crippen LogP contribution in [0.3, 0.4) is 0 Å². The second-order valence-electron chi connectivity index (χ2n) is 7.42. The molecule has 1 aromatic carbocycles. The molecule has 0 atom stereocenters. The van der Waals surface area contributed by atoms with E-state index in [1.165, 1.54) is 16.0 Å². The first kappa shape index (κ1) is 20.8. The van der Waals surface area contributed by atoms with Gasteiger partial charge in [-0.1, -0.05) is 24.3 Å². The fourth-order valence-corrected chi connectivity index (χ4v) is 4.08. The van der Waals surface area contributed by atoms with Gasteiger partial charge >= 0.3 is 0 Å². The predicted molar refractivity (Wildman–Crippen MR) is 118 cm³/mol. The summed E-state index contributed by atoms with van der Waals surface area (Å²) in [6.07, 6.45) is 0. The smallest absolute Gasteiger partial charge is 0.191 e. The van der Waals surface area contributed by atoms with Crippen LogP contribution in [0.1, 0.15) is 26.7 Å². The van der Waals surface area contributed by atoms with E-state index in [1.807, 2.05) is 0 Å².